The zero-order chi connectivity index (χ0) is 20.4. The molecule has 0 spiro atoms. The van der Waals surface area contributed by atoms with E-state index in [0.29, 0.717) is 22.7 Å². The molecule has 0 amide bonds. The summed E-state index contributed by atoms with van der Waals surface area (Å²) in [6.07, 6.45) is 1.27. The molecule has 2 heterocycles. The van der Waals surface area contributed by atoms with Crippen LogP contribution in [-0.4, -0.2) is 26.6 Å². The van der Waals surface area contributed by atoms with Crippen molar-refractivity contribution in [3.05, 3.63) is 66.0 Å². The lowest BCUT2D eigenvalue weighted by Crippen LogP contribution is -2.11. The molecule has 2 aromatic heterocycles. The van der Waals surface area contributed by atoms with Crippen molar-refractivity contribution < 1.29 is 9.13 Å². The first-order chi connectivity index (χ1) is 14.1. The SMILES string of the molecule is COc1c(F)ccc2nc(CNc3ncnc(N)c3C#N)n(-c3ccccc3)c12. The summed E-state index contributed by atoms with van der Waals surface area (Å²) < 4.78 is 21.5. The highest BCUT2D eigenvalue weighted by Crippen LogP contribution is 2.32. The Labute approximate surface area is 165 Å². The first-order valence-electron chi connectivity index (χ1n) is 8.67. The number of nitrogens with two attached hydrogens (primary N) is 1. The van der Waals surface area contributed by atoms with E-state index in [1.807, 2.05) is 36.4 Å². The Hall–Kier alpha value is -4.19. The Balaban J connectivity index is 1.85. The lowest BCUT2D eigenvalue weighted by atomic mass is 10.2. The molecule has 0 aliphatic carbocycles. The van der Waals surface area contributed by atoms with E-state index in [0.717, 1.165) is 5.69 Å². The van der Waals surface area contributed by atoms with Gasteiger partial charge in [-0.1, -0.05) is 18.2 Å². The van der Waals surface area contributed by atoms with Crippen LogP contribution in [0.4, 0.5) is 16.0 Å². The van der Waals surface area contributed by atoms with E-state index in [-0.39, 0.29) is 23.7 Å². The first kappa shape index (κ1) is 18.2. The Bertz CT molecular complexity index is 1230. The van der Waals surface area contributed by atoms with Gasteiger partial charge in [0, 0.05) is 5.69 Å². The van der Waals surface area contributed by atoms with Gasteiger partial charge in [-0.15, -0.1) is 0 Å². The second kappa shape index (κ2) is 7.44. The van der Waals surface area contributed by atoms with Gasteiger partial charge in [-0.05, 0) is 24.3 Å². The van der Waals surface area contributed by atoms with Crippen LogP contribution < -0.4 is 15.8 Å². The predicted molar refractivity (Wildman–Crippen MR) is 106 cm³/mol. The van der Waals surface area contributed by atoms with Crippen molar-refractivity contribution in [2.45, 2.75) is 6.54 Å². The number of hydrogen-bond acceptors (Lipinski definition) is 7. The number of rotatable bonds is 5. The Morgan fingerprint density at radius 1 is 1.21 bits per heavy atom. The summed E-state index contributed by atoms with van der Waals surface area (Å²) in [5, 5.41) is 12.4. The van der Waals surface area contributed by atoms with Gasteiger partial charge in [-0.2, -0.15) is 5.26 Å². The van der Waals surface area contributed by atoms with Crippen LogP contribution in [0.25, 0.3) is 16.7 Å². The van der Waals surface area contributed by atoms with Crippen LogP contribution in [0, 0.1) is 17.1 Å². The maximum Gasteiger partial charge on any atom is 0.180 e. The molecule has 9 heteroatoms. The number of methoxy groups -OCH3 is 1. The van der Waals surface area contributed by atoms with Gasteiger partial charge in [0.2, 0.25) is 0 Å². The van der Waals surface area contributed by atoms with Crippen LogP contribution in [0.15, 0.2) is 48.8 Å². The van der Waals surface area contributed by atoms with Crippen LogP contribution in [0.5, 0.6) is 5.75 Å². The number of nitrogens with one attached hydrogen (secondary N) is 1. The van der Waals surface area contributed by atoms with Crippen LogP contribution >= 0.6 is 0 Å². The second-order valence-corrected chi connectivity index (χ2v) is 6.10. The number of halogens is 1. The monoisotopic (exact) mass is 389 g/mol. The topological polar surface area (TPSA) is 115 Å². The van der Waals surface area contributed by atoms with Crippen molar-refractivity contribution in [2.75, 3.05) is 18.2 Å². The molecule has 2 aromatic carbocycles. The average Bonchev–Trinajstić information content (AvgIpc) is 3.11. The van der Waals surface area contributed by atoms with Crippen LogP contribution in [0.2, 0.25) is 0 Å². The zero-order valence-electron chi connectivity index (χ0n) is 15.4. The molecule has 29 heavy (non-hydrogen) atoms. The van der Waals surface area contributed by atoms with Crippen LogP contribution in [-0.2, 0) is 6.54 Å². The van der Waals surface area contributed by atoms with Gasteiger partial charge in [0.15, 0.2) is 11.6 Å². The minimum Gasteiger partial charge on any atom is -0.491 e. The maximum atomic E-state index is 14.4. The van der Waals surface area contributed by atoms with Gasteiger partial charge in [0.05, 0.1) is 19.2 Å². The summed E-state index contributed by atoms with van der Waals surface area (Å²) >= 11 is 0. The molecular weight excluding hydrogens is 373 g/mol. The van der Waals surface area contributed by atoms with Gasteiger partial charge < -0.3 is 15.8 Å². The molecule has 0 atom stereocenters. The molecule has 0 bridgehead atoms. The fourth-order valence-electron chi connectivity index (χ4n) is 3.13. The van der Waals surface area contributed by atoms with Gasteiger partial charge in [-0.25, -0.2) is 19.3 Å². The molecule has 4 aromatic rings. The lowest BCUT2D eigenvalue weighted by Gasteiger charge is -2.13. The second-order valence-electron chi connectivity index (χ2n) is 6.10. The zero-order valence-corrected chi connectivity index (χ0v) is 15.4. The quantitative estimate of drug-likeness (QED) is 0.539. The number of ether oxygens (including phenoxy) is 1. The molecule has 0 aliphatic rings. The van der Waals surface area contributed by atoms with Crippen molar-refractivity contribution in [1.82, 2.24) is 19.5 Å². The number of hydrogen-bond donors (Lipinski definition) is 2. The van der Waals surface area contributed by atoms with E-state index in [4.69, 9.17) is 10.5 Å². The fraction of sp³-hybridized carbons (Fsp3) is 0.100. The standard InChI is InChI=1S/C20H16FN7O/c1-29-18-14(21)7-8-15-17(18)28(12-5-3-2-4-6-12)16(27-15)10-24-20-13(9-22)19(23)25-11-26-20/h2-8,11H,10H2,1H3,(H3,23,24,25,26). The number of imidazole rings is 1. The van der Waals surface area contributed by atoms with Crippen LogP contribution in [0.3, 0.4) is 0 Å². The largest absolute Gasteiger partial charge is 0.491 e. The number of nitrogens with zero attached hydrogens (tertiary/aromatic N) is 5. The normalized spacial score (nSPS) is 10.7. The average molecular weight is 389 g/mol. The number of nitriles is 1. The molecule has 3 N–H and O–H groups in total. The number of benzene rings is 2. The molecule has 4 rings (SSSR count). The summed E-state index contributed by atoms with van der Waals surface area (Å²) in [4.78, 5) is 12.5. The van der Waals surface area contributed by atoms with Crippen molar-refractivity contribution in [1.29, 1.82) is 5.26 Å². The number of fused-ring (bicyclic) bond motifs is 1. The fourth-order valence-corrected chi connectivity index (χ4v) is 3.13. The third kappa shape index (κ3) is 3.17. The molecule has 0 radical (unpaired) electrons. The molecule has 0 saturated carbocycles. The summed E-state index contributed by atoms with van der Waals surface area (Å²) in [5.41, 5.74) is 7.77. The van der Waals surface area contributed by atoms with E-state index >= 15 is 0 Å². The summed E-state index contributed by atoms with van der Waals surface area (Å²) in [6.45, 7) is 0.208. The molecule has 0 aliphatic heterocycles. The smallest absolute Gasteiger partial charge is 0.180 e. The van der Waals surface area contributed by atoms with E-state index in [1.54, 1.807) is 10.6 Å². The maximum absolute atomic E-state index is 14.4. The summed E-state index contributed by atoms with van der Waals surface area (Å²) in [6, 6.07) is 14.3. The Kier molecular flexibility index (Phi) is 4.66. The molecule has 8 nitrogen and oxygen atoms in total. The minimum absolute atomic E-state index is 0.0882. The molecular formula is C20H16FN7O. The number of nitrogen functional groups attached to an aromatic ring is 1. The first-order valence-corrected chi connectivity index (χ1v) is 8.67. The highest BCUT2D eigenvalue weighted by atomic mass is 19.1. The van der Waals surface area contributed by atoms with Crippen LogP contribution in [0.1, 0.15) is 11.4 Å². The van der Waals surface area contributed by atoms with Gasteiger partial charge in [-0.3, -0.25) is 4.57 Å². The third-order valence-corrected chi connectivity index (χ3v) is 4.41. The Morgan fingerprint density at radius 2 is 2.00 bits per heavy atom. The molecule has 0 saturated heterocycles. The van der Waals surface area contributed by atoms with Gasteiger partial charge >= 0.3 is 0 Å². The lowest BCUT2D eigenvalue weighted by molar-refractivity contribution is 0.390. The molecule has 0 fully saturated rings. The molecule has 144 valence electrons. The number of para-hydroxylation sites is 1. The van der Waals surface area contributed by atoms with E-state index in [2.05, 4.69) is 20.3 Å². The highest BCUT2D eigenvalue weighted by Gasteiger charge is 2.20. The highest BCUT2D eigenvalue weighted by molar-refractivity contribution is 5.85. The minimum atomic E-state index is -0.480. The number of aromatic nitrogens is 4. The van der Waals surface area contributed by atoms with E-state index < -0.39 is 5.82 Å². The Morgan fingerprint density at radius 3 is 2.72 bits per heavy atom. The number of anilines is 2. The van der Waals surface area contributed by atoms with Crippen molar-refractivity contribution in [3.63, 3.8) is 0 Å². The summed E-state index contributed by atoms with van der Waals surface area (Å²) in [5.74, 6) is 0.590. The summed E-state index contributed by atoms with van der Waals surface area (Å²) in [7, 11) is 1.42. The third-order valence-electron chi connectivity index (χ3n) is 4.41. The van der Waals surface area contributed by atoms with E-state index in [1.165, 1.54) is 19.5 Å². The van der Waals surface area contributed by atoms with Gasteiger partial charge in [0.1, 0.15) is 40.9 Å². The van der Waals surface area contributed by atoms with Crippen molar-refractivity contribution in [3.8, 4) is 17.5 Å². The van der Waals surface area contributed by atoms with Gasteiger partial charge in [0.25, 0.3) is 0 Å². The predicted octanol–water partition coefficient (Wildman–Crippen LogP) is 3.03. The van der Waals surface area contributed by atoms with E-state index in [9.17, 15) is 9.65 Å². The van der Waals surface area contributed by atoms with Crippen molar-refractivity contribution >= 4 is 22.7 Å². The van der Waals surface area contributed by atoms with Crippen molar-refractivity contribution in [2.24, 2.45) is 0 Å². The molecule has 0 unspecified atom stereocenters.